The highest BCUT2D eigenvalue weighted by molar-refractivity contribution is 7.19. The summed E-state index contributed by atoms with van der Waals surface area (Å²) < 4.78 is 0. The number of non-ortho nitro benzene ring substituents is 1. The Morgan fingerprint density at radius 2 is 1.61 bits per heavy atom. The van der Waals surface area contributed by atoms with Crippen LogP contribution in [0.25, 0.3) is 21.7 Å². The normalized spacial score (nSPS) is 11.4. The number of nitrogens with zero attached hydrogens (tertiary/aromatic N) is 3. The quantitative estimate of drug-likeness (QED) is 0.162. The van der Waals surface area contributed by atoms with E-state index in [-0.39, 0.29) is 10.6 Å². The predicted octanol–water partition coefficient (Wildman–Crippen LogP) is 7.82. The fourth-order valence-electron chi connectivity index (χ4n) is 3.48. The molecule has 4 aromatic rings. The van der Waals surface area contributed by atoms with Crippen molar-refractivity contribution in [1.29, 1.82) is 0 Å². The number of nitro groups is 1. The van der Waals surface area contributed by atoms with Gasteiger partial charge in [0, 0.05) is 23.9 Å². The van der Waals surface area contributed by atoms with Gasteiger partial charge < -0.3 is 0 Å². The molecule has 0 bridgehead atoms. The molecule has 0 radical (unpaired) electrons. The molecule has 5 nitrogen and oxygen atoms in total. The number of aryl methyl sites for hydroxylation is 1. The Morgan fingerprint density at radius 3 is 2.18 bits per heavy atom. The van der Waals surface area contributed by atoms with Gasteiger partial charge in [-0.2, -0.15) is 0 Å². The molecule has 0 atom stereocenters. The predicted molar refractivity (Wildman–Crippen MR) is 137 cm³/mol. The first-order valence-corrected chi connectivity index (χ1v) is 11.7. The summed E-state index contributed by atoms with van der Waals surface area (Å²) in [5.74, 6) is 0.487. The molecule has 1 aromatic heterocycles. The van der Waals surface area contributed by atoms with Gasteiger partial charge in [0.05, 0.1) is 15.5 Å². The van der Waals surface area contributed by atoms with Crippen LogP contribution in [0.2, 0.25) is 0 Å². The second-order valence-electron chi connectivity index (χ2n) is 8.11. The molecule has 3 aromatic carbocycles. The molecule has 0 aliphatic rings. The van der Waals surface area contributed by atoms with E-state index in [1.807, 2.05) is 6.21 Å². The van der Waals surface area contributed by atoms with E-state index in [2.05, 4.69) is 74.3 Å². The second-order valence-corrected chi connectivity index (χ2v) is 9.09. The van der Waals surface area contributed by atoms with Crippen LogP contribution in [0.1, 0.15) is 43.4 Å². The van der Waals surface area contributed by atoms with E-state index in [1.165, 1.54) is 34.6 Å². The van der Waals surface area contributed by atoms with Crippen LogP contribution >= 0.6 is 11.3 Å². The van der Waals surface area contributed by atoms with Crippen molar-refractivity contribution in [3.05, 3.63) is 99.6 Å². The standard InChI is InChI=1S/C27H25N3O2S/c1-4-19-5-11-22(12-6-19)25-26(23-13-15-24(16-14-23)30(31)32)33-27(29-25)28-17-20-7-9-21(10-8-20)18(2)3/h5-18H,4H2,1-3H3. The average molecular weight is 456 g/mol. The van der Waals surface area contributed by atoms with Gasteiger partial charge in [-0.25, -0.2) is 9.98 Å². The maximum absolute atomic E-state index is 11.1. The number of thiazole rings is 1. The van der Waals surface area contributed by atoms with Crippen LogP contribution in [0.3, 0.4) is 0 Å². The number of aromatic nitrogens is 1. The van der Waals surface area contributed by atoms with E-state index >= 15 is 0 Å². The lowest BCUT2D eigenvalue weighted by molar-refractivity contribution is -0.384. The van der Waals surface area contributed by atoms with Crippen LogP contribution in [-0.2, 0) is 6.42 Å². The lowest BCUT2D eigenvalue weighted by Gasteiger charge is -2.04. The highest BCUT2D eigenvalue weighted by Gasteiger charge is 2.16. The van der Waals surface area contributed by atoms with Crippen molar-refractivity contribution in [2.24, 2.45) is 4.99 Å². The topological polar surface area (TPSA) is 68.4 Å². The van der Waals surface area contributed by atoms with E-state index < -0.39 is 0 Å². The zero-order valence-electron chi connectivity index (χ0n) is 18.9. The molecular weight excluding hydrogens is 430 g/mol. The lowest BCUT2D eigenvalue weighted by Crippen LogP contribution is -1.88. The Morgan fingerprint density at radius 1 is 0.970 bits per heavy atom. The van der Waals surface area contributed by atoms with Gasteiger partial charge in [0.1, 0.15) is 0 Å². The summed E-state index contributed by atoms with van der Waals surface area (Å²) in [7, 11) is 0. The maximum atomic E-state index is 11.1. The van der Waals surface area contributed by atoms with E-state index in [1.54, 1.807) is 12.1 Å². The van der Waals surface area contributed by atoms with Crippen LogP contribution < -0.4 is 0 Å². The molecule has 166 valence electrons. The zero-order chi connectivity index (χ0) is 23.4. The highest BCUT2D eigenvalue weighted by Crippen LogP contribution is 2.40. The smallest absolute Gasteiger partial charge is 0.258 e. The van der Waals surface area contributed by atoms with Gasteiger partial charge in [-0.05, 0) is 46.7 Å². The molecular formula is C27H25N3O2S. The van der Waals surface area contributed by atoms with Crippen LogP contribution in [0.5, 0.6) is 0 Å². The summed E-state index contributed by atoms with van der Waals surface area (Å²) in [5.41, 5.74) is 6.35. The van der Waals surface area contributed by atoms with Crippen LogP contribution in [-0.4, -0.2) is 16.1 Å². The Bertz CT molecular complexity index is 1270. The zero-order valence-corrected chi connectivity index (χ0v) is 19.7. The van der Waals surface area contributed by atoms with E-state index in [9.17, 15) is 10.1 Å². The number of nitro benzene ring substituents is 1. The molecule has 4 rings (SSSR count). The van der Waals surface area contributed by atoms with Crippen LogP contribution in [0.4, 0.5) is 10.8 Å². The van der Waals surface area contributed by atoms with Crippen molar-refractivity contribution in [3.63, 3.8) is 0 Å². The molecule has 0 aliphatic carbocycles. The van der Waals surface area contributed by atoms with Gasteiger partial charge in [-0.3, -0.25) is 10.1 Å². The SMILES string of the molecule is CCc1ccc(-c2nc(N=Cc3ccc(C(C)C)cc3)sc2-c2ccc([N+](=O)[O-])cc2)cc1. The molecule has 0 saturated heterocycles. The summed E-state index contributed by atoms with van der Waals surface area (Å²) in [6, 6.07) is 23.3. The average Bonchev–Trinajstić information content (AvgIpc) is 3.27. The molecule has 0 unspecified atom stereocenters. The molecule has 0 saturated carbocycles. The van der Waals surface area contributed by atoms with Crippen molar-refractivity contribution in [2.75, 3.05) is 0 Å². The molecule has 0 N–H and O–H groups in total. The summed E-state index contributed by atoms with van der Waals surface area (Å²) in [6.07, 6.45) is 2.80. The van der Waals surface area contributed by atoms with Gasteiger partial charge in [-0.1, -0.05) is 80.6 Å². The molecule has 0 aliphatic heterocycles. The Hall–Kier alpha value is -3.64. The first-order valence-electron chi connectivity index (χ1n) is 10.9. The Labute approximate surface area is 197 Å². The summed E-state index contributed by atoms with van der Waals surface area (Å²) in [6.45, 7) is 6.47. The third-order valence-corrected chi connectivity index (χ3v) is 6.53. The van der Waals surface area contributed by atoms with Gasteiger partial charge in [-0.15, -0.1) is 0 Å². The van der Waals surface area contributed by atoms with E-state index in [0.717, 1.165) is 33.7 Å². The Kier molecular flexibility index (Phi) is 6.75. The first-order chi connectivity index (χ1) is 15.9. The number of hydrogen-bond acceptors (Lipinski definition) is 5. The van der Waals surface area contributed by atoms with Crippen LogP contribution in [0, 0.1) is 10.1 Å². The van der Waals surface area contributed by atoms with Gasteiger partial charge >= 0.3 is 0 Å². The number of benzene rings is 3. The number of hydrogen-bond donors (Lipinski definition) is 0. The molecule has 33 heavy (non-hydrogen) atoms. The van der Waals surface area contributed by atoms with Gasteiger partial charge in [0.25, 0.3) is 5.69 Å². The molecule has 0 spiro atoms. The van der Waals surface area contributed by atoms with Crippen molar-refractivity contribution in [3.8, 4) is 21.7 Å². The summed E-state index contributed by atoms with van der Waals surface area (Å²) in [4.78, 5) is 21.1. The van der Waals surface area contributed by atoms with E-state index in [4.69, 9.17) is 4.98 Å². The van der Waals surface area contributed by atoms with Crippen molar-refractivity contribution < 1.29 is 4.92 Å². The Balaban J connectivity index is 1.71. The molecule has 0 fully saturated rings. The molecule has 0 amide bonds. The number of aliphatic imine (C=N–C) groups is 1. The van der Waals surface area contributed by atoms with Gasteiger partial charge in [0.15, 0.2) is 0 Å². The first kappa shape index (κ1) is 22.6. The minimum atomic E-state index is -0.388. The minimum Gasteiger partial charge on any atom is -0.258 e. The lowest BCUT2D eigenvalue weighted by atomic mass is 10.0. The largest absolute Gasteiger partial charge is 0.269 e. The maximum Gasteiger partial charge on any atom is 0.269 e. The fourth-order valence-corrected chi connectivity index (χ4v) is 4.42. The fraction of sp³-hybridized carbons (Fsp3) is 0.185. The summed E-state index contributed by atoms with van der Waals surface area (Å²) in [5, 5.41) is 11.7. The molecule has 1 heterocycles. The van der Waals surface area contributed by atoms with Crippen molar-refractivity contribution in [2.45, 2.75) is 33.1 Å². The minimum absolute atomic E-state index is 0.0696. The number of rotatable bonds is 7. The second kappa shape index (κ2) is 9.88. The van der Waals surface area contributed by atoms with Crippen molar-refractivity contribution in [1.82, 2.24) is 4.98 Å². The molecule has 6 heteroatoms. The van der Waals surface area contributed by atoms with Crippen LogP contribution in [0.15, 0.2) is 77.8 Å². The van der Waals surface area contributed by atoms with Crippen molar-refractivity contribution >= 4 is 28.4 Å². The third-order valence-electron chi connectivity index (χ3n) is 5.52. The van der Waals surface area contributed by atoms with Gasteiger partial charge in [0.2, 0.25) is 5.13 Å². The summed E-state index contributed by atoms with van der Waals surface area (Å²) >= 11 is 1.48. The monoisotopic (exact) mass is 455 g/mol. The third kappa shape index (κ3) is 5.23. The highest BCUT2D eigenvalue weighted by atomic mass is 32.1. The van der Waals surface area contributed by atoms with E-state index in [0.29, 0.717) is 11.0 Å².